The number of amides is 2. The van der Waals surface area contributed by atoms with Crippen molar-refractivity contribution >= 4 is 11.8 Å². The largest absolute Gasteiger partial charge is 0.342 e. The van der Waals surface area contributed by atoms with Crippen molar-refractivity contribution in [3.8, 4) is 0 Å². The molecule has 1 aliphatic rings. The first-order chi connectivity index (χ1) is 9.35. The quantitative estimate of drug-likeness (QED) is 0.890. The molecule has 0 bridgehead atoms. The van der Waals surface area contributed by atoms with Crippen molar-refractivity contribution in [1.82, 2.24) is 20.0 Å². The molecule has 0 spiro atoms. The zero-order valence-corrected chi connectivity index (χ0v) is 12.5. The first-order valence-electron chi connectivity index (χ1n) is 6.95. The van der Waals surface area contributed by atoms with Gasteiger partial charge in [-0.1, -0.05) is 6.92 Å². The lowest BCUT2D eigenvalue weighted by Crippen LogP contribution is -2.55. The fourth-order valence-electron chi connectivity index (χ4n) is 2.53. The molecule has 2 heterocycles. The standard InChI is InChI=1S/C14H22N4O2/c1-5-14(3)13(20)18(10(2)6-12(19)16-14)9-11-7-15-17(4)8-11/h7-8,10H,5-6,9H2,1-4H3,(H,16,19). The number of carbonyl (C=O) groups excluding carboxylic acids is 2. The van der Waals surface area contributed by atoms with Crippen LogP contribution in [0.3, 0.4) is 0 Å². The Bertz CT molecular complexity index is 525. The molecule has 2 unspecified atom stereocenters. The minimum absolute atomic E-state index is 0.0257. The summed E-state index contributed by atoms with van der Waals surface area (Å²) in [6, 6.07) is -0.115. The monoisotopic (exact) mass is 278 g/mol. The predicted molar refractivity (Wildman–Crippen MR) is 74.7 cm³/mol. The molecule has 6 nitrogen and oxygen atoms in total. The summed E-state index contributed by atoms with van der Waals surface area (Å²) >= 11 is 0. The molecule has 2 rings (SSSR count). The molecule has 0 aliphatic carbocycles. The molecule has 0 radical (unpaired) electrons. The summed E-state index contributed by atoms with van der Waals surface area (Å²) in [7, 11) is 1.85. The Labute approximate surface area is 119 Å². The summed E-state index contributed by atoms with van der Waals surface area (Å²) in [6.07, 6.45) is 4.56. The van der Waals surface area contributed by atoms with Crippen molar-refractivity contribution in [2.24, 2.45) is 7.05 Å². The molecular weight excluding hydrogens is 256 g/mol. The molecule has 0 aromatic carbocycles. The van der Waals surface area contributed by atoms with E-state index in [0.29, 0.717) is 19.4 Å². The maximum absolute atomic E-state index is 12.7. The van der Waals surface area contributed by atoms with Gasteiger partial charge in [0, 0.05) is 37.8 Å². The molecule has 2 atom stereocenters. The van der Waals surface area contributed by atoms with Crippen molar-refractivity contribution in [1.29, 1.82) is 0 Å². The van der Waals surface area contributed by atoms with E-state index in [4.69, 9.17) is 0 Å². The Morgan fingerprint density at radius 1 is 1.50 bits per heavy atom. The lowest BCUT2D eigenvalue weighted by molar-refractivity contribution is -0.140. The molecule has 2 amide bonds. The maximum atomic E-state index is 12.7. The highest BCUT2D eigenvalue weighted by molar-refractivity contribution is 5.93. The van der Waals surface area contributed by atoms with Crippen LogP contribution in [0, 0.1) is 0 Å². The Morgan fingerprint density at radius 3 is 2.75 bits per heavy atom. The molecule has 1 saturated heterocycles. The number of aromatic nitrogens is 2. The van der Waals surface area contributed by atoms with E-state index in [1.807, 2.05) is 27.1 Å². The van der Waals surface area contributed by atoms with Crippen LogP contribution >= 0.6 is 0 Å². The third-order valence-electron chi connectivity index (χ3n) is 3.98. The van der Waals surface area contributed by atoms with E-state index in [9.17, 15) is 9.59 Å². The summed E-state index contributed by atoms with van der Waals surface area (Å²) in [5.41, 5.74) is 0.157. The van der Waals surface area contributed by atoms with Gasteiger partial charge in [-0.2, -0.15) is 5.10 Å². The zero-order chi connectivity index (χ0) is 14.9. The van der Waals surface area contributed by atoms with Crippen molar-refractivity contribution in [2.75, 3.05) is 0 Å². The van der Waals surface area contributed by atoms with Crippen LogP contribution in [-0.2, 0) is 23.2 Å². The first-order valence-corrected chi connectivity index (χ1v) is 6.95. The first kappa shape index (κ1) is 14.6. The normalized spacial score (nSPS) is 27.4. The Hall–Kier alpha value is -1.85. The van der Waals surface area contributed by atoms with E-state index in [1.165, 1.54) is 0 Å². The topological polar surface area (TPSA) is 67.2 Å². The molecule has 1 N–H and O–H groups in total. The molecule has 6 heteroatoms. The molecule has 110 valence electrons. The number of hydrogen-bond donors (Lipinski definition) is 1. The Balaban J connectivity index is 2.28. The van der Waals surface area contributed by atoms with Crippen molar-refractivity contribution < 1.29 is 9.59 Å². The molecule has 0 saturated carbocycles. The highest BCUT2D eigenvalue weighted by Gasteiger charge is 2.41. The zero-order valence-electron chi connectivity index (χ0n) is 12.5. The van der Waals surface area contributed by atoms with Crippen LogP contribution in [0.15, 0.2) is 12.4 Å². The number of nitrogens with one attached hydrogen (secondary N) is 1. The van der Waals surface area contributed by atoms with E-state index in [2.05, 4.69) is 10.4 Å². The van der Waals surface area contributed by atoms with Gasteiger partial charge in [-0.15, -0.1) is 0 Å². The third-order valence-corrected chi connectivity index (χ3v) is 3.98. The second-order valence-electron chi connectivity index (χ2n) is 5.74. The number of rotatable bonds is 3. The lowest BCUT2D eigenvalue weighted by Gasteiger charge is -2.33. The molecule has 1 aromatic rings. The molecule has 1 aliphatic heterocycles. The van der Waals surface area contributed by atoms with Crippen LogP contribution in [-0.4, -0.2) is 38.1 Å². The van der Waals surface area contributed by atoms with Crippen molar-refractivity contribution in [3.63, 3.8) is 0 Å². The maximum Gasteiger partial charge on any atom is 0.248 e. The van der Waals surface area contributed by atoms with Crippen LogP contribution < -0.4 is 5.32 Å². The van der Waals surface area contributed by atoms with Crippen molar-refractivity contribution in [2.45, 2.75) is 51.7 Å². The summed E-state index contributed by atoms with van der Waals surface area (Å²) in [4.78, 5) is 26.4. The van der Waals surface area contributed by atoms with E-state index in [1.54, 1.807) is 22.7 Å². The summed E-state index contributed by atoms with van der Waals surface area (Å²) in [5.74, 6) is -0.0916. The Morgan fingerprint density at radius 2 is 2.20 bits per heavy atom. The highest BCUT2D eigenvalue weighted by Crippen LogP contribution is 2.23. The SMILES string of the molecule is CCC1(C)NC(=O)CC(C)N(Cc2cnn(C)c2)C1=O. The van der Waals surface area contributed by atoms with Crippen LogP contribution in [0.25, 0.3) is 0 Å². The minimum atomic E-state index is -0.815. The molecule has 1 aromatic heterocycles. The summed E-state index contributed by atoms with van der Waals surface area (Å²) < 4.78 is 1.71. The van der Waals surface area contributed by atoms with Crippen LogP contribution in [0.1, 0.15) is 39.2 Å². The lowest BCUT2D eigenvalue weighted by atomic mass is 9.97. The molecular formula is C14H22N4O2. The Kier molecular flexibility index (Phi) is 3.83. The smallest absolute Gasteiger partial charge is 0.248 e. The van der Waals surface area contributed by atoms with Gasteiger partial charge >= 0.3 is 0 Å². The second-order valence-corrected chi connectivity index (χ2v) is 5.74. The van der Waals surface area contributed by atoms with Gasteiger partial charge < -0.3 is 10.2 Å². The average Bonchev–Trinajstić information content (AvgIpc) is 2.76. The van der Waals surface area contributed by atoms with Gasteiger partial charge in [-0.25, -0.2) is 0 Å². The van der Waals surface area contributed by atoms with Gasteiger partial charge in [-0.3, -0.25) is 14.3 Å². The van der Waals surface area contributed by atoms with E-state index >= 15 is 0 Å². The minimum Gasteiger partial charge on any atom is -0.342 e. The fraction of sp³-hybridized carbons (Fsp3) is 0.643. The molecule has 1 fully saturated rings. The van der Waals surface area contributed by atoms with Gasteiger partial charge in [0.1, 0.15) is 5.54 Å². The predicted octanol–water partition coefficient (Wildman–Crippen LogP) is 0.826. The number of carbonyl (C=O) groups is 2. The van der Waals surface area contributed by atoms with Gasteiger partial charge in [0.2, 0.25) is 11.8 Å². The number of nitrogens with zero attached hydrogens (tertiary/aromatic N) is 3. The van der Waals surface area contributed by atoms with Gasteiger partial charge in [0.15, 0.2) is 0 Å². The summed E-state index contributed by atoms with van der Waals surface area (Å²) in [6.45, 7) is 6.10. The van der Waals surface area contributed by atoms with Gasteiger partial charge in [-0.05, 0) is 20.3 Å². The van der Waals surface area contributed by atoms with Gasteiger partial charge in [0.05, 0.1) is 6.20 Å². The second kappa shape index (κ2) is 5.26. The third kappa shape index (κ3) is 2.69. The fourth-order valence-corrected chi connectivity index (χ4v) is 2.53. The highest BCUT2D eigenvalue weighted by atomic mass is 16.2. The summed E-state index contributed by atoms with van der Waals surface area (Å²) in [5, 5.41) is 6.98. The van der Waals surface area contributed by atoms with E-state index in [-0.39, 0.29) is 17.9 Å². The van der Waals surface area contributed by atoms with Crippen LogP contribution in [0.4, 0.5) is 0 Å². The number of aryl methyl sites for hydroxylation is 1. The average molecular weight is 278 g/mol. The van der Waals surface area contributed by atoms with E-state index < -0.39 is 5.54 Å². The molecule has 20 heavy (non-hydrogen) atoms. The number of hydrogen-bond acceptors (Lipinski definition) is 3. The van der Waals surface area contributed by atoms with Gasteiger partial charge in [0.25, 0.3) is 0 Å². The van der Waals surface area contributed by atoms with Crippen molar-refractivity contribution in [3.05, 3.63) is 18.0 Å². The van der Waals surface area contributed by atoms with Crippen LogP contribution in [0.2, 0.25) is 0 Å². The van der Waals surface area contributed by atoms with E-state index in [0.717, 1.165) is 5.56 Å². The van der Waals surface area contributed by atoms with Crippen LogP contribution in [0.5, 0.6) is 0 Å².